The first-order chi connectivity index (χ1) is 8.93. The molecule has 0 aromatic heterocycles. The van der Waals surface area contributed by atoms with Crippen LogP contribution in [-0.4, -0.2) is 17.0 Å². The van der Waals surface area contributed by atoms with Crippen molar-refractivity contribution < 1.29 is 24.2 Å². The molecule has 1 aromatic carbocycles. The van der Waals surface area contributed by atoms with Gasteiger partial charge in [0.2, 0.25) is 0 Å². The molecule has 1 aromatic rings. The average molecular weight is 266 g/mol. The Bertz CT molecular complexity index is 479. The summed E-state index contributed by atoms with van der Waals surface area (Å²) in [5.41, 5.74) is 3.15. The molecule has 0 aliphatic rings. The van der Waals surface area contributed by atoms with Crippen molar-refractivity contribution in [3.8, 4) is 0 Å². The molecule has 0 saturated carbocycles. The number of rotatable bonds is 5. The van der Waals surface area contributed by atoms with Crippen LogP contribution in [-0.2, 0) is 38.9 Å². The molecule has 0 atom stereocenters. The number of hydrogen-bond acceptors (Lipinski definition) is 5. The second-order valence-corrected chi connectivity index (χ2v) is 4.27. The highest BCUT2D eigenvalue weighted by molar-refractivity contribution is 5.66. The molecule has 0 spiro atoms. The Morgan fingerprint density at radius 3 is 1.89 bits per heavy atom. The number of carbonyl (C=O) groups is 2. The average Bonchev–Trinajstić information content (AvgIpc) is 2.34. The van der Waals surface area contributed by atoms with Crippen LogP contribution in [0.25, 0.3) is 0 Å². The molecule has 0 unspecified atom stereocenters. The van der Waals surface area contributed by atoms with E-state index in [2.05, 4.69) is 0 Å². The zero-order valence-electron chi connectivity index (χ0n) is 11.4. The zero-order valence-corrected chi connectivity index (χ0v) is 11.4. The maximum Gasteiger partial charge on any atom is 0.302 e. The van der Waals surface area contributed by atoms with Gasteiger partial charge >= 0.3 is 11.9 Å². The SMILES string of the molecule is CC(=O)OCc1cc(C)c(CO)cc1COC(C)=O. The summed E-state index contributed by atoms with van der Waals surface area (Å²) in [5.74, 6) is -0.758. The van der Waals surface area contributed by atoms with Crippen molar-refractivity contribution in [2.45, 2.75) is 40.6 Å². The molecule has 19 heavy (non-hydrogen) atoms. The minimum atomic E-state index is -0.385. The topological polar surface area (TPSA) is 72.8 Å². The van der Waals surface area contributed by atoms with Crippen molar-refractivity contribution in [1.82, 2.24) is 0 Å². The van der Waals surface area contributed by atoms with Crippen molar-refractivity contribution in [1.29, 1.82) is 0 Å². The second kappa shape index (κ2) is 6.89. The molecule has 0 amide bonds. The van der Waals surface area contributed by atoms with Gasteiger partial charge in [-0.2, -0.15) is 0 Å². The minimum Gasteiger partial charge on any atom is -0.461 e. The van der Waals surface area contributed by atoms with Crippen molar-refractivity contribution in [2.75, 3.05) is 0 Å². The van der Waals surface area contributed by atoms with E-state index < -0.39 is 0 Å². The number of carbonyl (C=O) groups excluding carboxylic acids is 2. The minimum absolute atomic E-state index is 0.0905. The lowest BCUT2D eigenvalue weighted by atomic mass is 10.00. The van der Waals surface area contributed by atoms with Gasteiger partial charge in [0.1, 0.15) is 13.2 Å². The fourth-order valence-corrected chi connectivity index (χ4v) is 1.66. The standard InChI is InChI=1S/C14H18O5/c1-9-4-13(7-18-10(2)16)14(5-12(9)6-15)8-19-11(3)17/h4-5,15H,6-8H2,1-3H3. The molecule has 0 saturated heterocycles. The lowest BCUT2D eigenvalue weighted by Gasteiger charge is -2.13. The van der Waals surface area contributed by atoms with E-state index in [1.807, 2.05) is 13.0 Å². The second-order valence-electron chi connectivity index (χ2n) is 4.27. The summed E-state index contributed by atoms with van der Waals surface area (Å²) in [7, 11) is 0. The highest BCUT2D eigenvalue weighted by atomic mass is 16.5. The van der Waals surface area contributed by atoms with Crippen LogP contribution in [0.5, 0.6) is 0 Å². The molecular formula is C14H18O5. The third-order valence-electron chi connectivity index (χ3n) is 2.69. The van der Waals surface area contributed by atoms with E-state index in [0.29, 0.717) is 0 Å². The fraction of sp³-hybridized carbons (Fsp3) is 0.429. The molecule has 0 heterocycles. The molecule has 5 heteroatoms. The van der Waals surface area contributed by atoms with Crippen molar-refractivity contribution in [2.24, 2.45) is 0 Å². The van der Waals surface area contributed by atoms with Gasteiger partial charge in [0.15, 0.2) is 0 Å². The molecule has 5 nitrogen and oxygen atoms in total. The first-order valence-electron chi connectivity index (χ1n) is 5.93. The van der Waals surface area contributed by atoms with Gasteiger partial charge in [-0.05, 0) is 35.2 Å². The number of aliphatic hydroxyl groups is 1. The third kappa shape index (κ3) is 4.71. The predicted molar refractivity (Wildman–Crippen MR) is 68.0 cm³/mol. The van der Waals surface area contributed by atoms with Crippen molar-refractivity contribution >= 4 is 11.9 Å². The summed E-state index contributed by atoms with van der Waals surface area (Å²) in [5, 5.41) is 9.24. The van der Waals surface area contributed by atoms with Gasteiger partial charge in [-0.1, -0.05) is 6.07 Å². The molecule has 0 fully saturated rings. The predicted octanol–water partition coefficient (Wildman–Crippen LogP) is 1.61. The normalized spacial score (nSPS) is 10.1. The number of aliphatic hydroxyl groups excluding tert-OH is 1. The summed E-state index contributed by atoms with van der Waals surface area (Å²) in [4.78, 5) is 21.7. The highest BCUT2D eigenvalue weighted by Crippen LogP contribution is 2.19. The van der Waals surface area contributed by atoms with E-state index in [0.717, 1.165) is 22.3 Å². The van der Waals surface area contributed by atoms with Crippen molar-refractivity contribution in [3.63, 3.8) is 0 Å². The van der Waals surface area contributed by atoms with Crippen LogP contribution in [0.2, 0.25) is 0 Å². The van der Waals surface area contributed by atoms with Gasteiger partial charge in [-0.15, -0.1) is 0 Å². The van der Waals surface area contributed by atoms with E-state index in [4.69, 9.17) is 9.47 Å². The Balaban J connectivity index is 2.99. The smallest absolute Gasteiger partial charge is 0.302 e. The van der Waals surface area contributed by atoms with Crippen LogP contribution in [0.4, 0.5) is 0 Å². The van der Waals surface area contributed by atoms with E-state index in [9.17, 15) is 14.7 Å². The third-order valence-corrected chi connectivity index (χ3v) is 2.69. The van der Waals surface area contributed by atoms with Crippen LogP contribution in [0.1, 0.15) is 36.1 Å². The Morgan fingerprint density at radius 1 is 1.00 bits per heavy atom. The van der Waals surface area contributed by atoms with E-state index in [1.54, 1.807) is 6.07 Å². The number of aryl methyl sites for hydroxylation is 1. The summed E-state index contributed by atoms with van der Waals surface area (Å²) in [6.45, 7) is 4.65. The molecule has 1 rings (SSSR count). The van der Waals surface area contributed by atoms with E-state index in [-0.39, 0.29) is 31.8 Å². The van der Waals surface area contributed by atoms with E-state index in [1.165, 1.54) is 13.8 Å². The monoisotopic (exact) mass is 266 g/mol. The molecule has 0 radical (unpaired) electrons. The van der Waals surface area contributed by atoms with Gasteiger partial charge in [-0.3, -0.25) is 9.59 Å². The maximum absolute atomic E-state index is 10.9. The highest BCUT2D eigenvalue weighted by Gasteiger charge is 2.10. The lowest BCUT2D eigenvalue weighted by molar-refractivity contribution is -0.143. The number of benzene rings is 1. The quantitative estimate of drug-likeness (QED) is 0.820. The zero-order chi connectivity index (χ0) is 14.4. The largest absolute Gasteiger partial charge is 0.461 e. The number of ether oxygens (including phenoxy) is 2. The van der Waals surface area contributed by atoms with Crippen LogP contribution in [0, 0.1) is 6.92 Å². The van der Waals surface area contributed by atoms with Crippen LogP contribution >= 0.6 is 0 Å². The molecule has 1 N–H and O–H groups in total. The molecule has 0 aliphatic heterocycles. The molecule has 0 aliphatic carbocycles. The summed E-state index contributed by atoms with van der Waals surface area (Å²) < 4.78 is 9.92. The Kier molecular flexibility index (Phi) is 5.51. The Morgan fingerprint density at radius 2 is 1.47 bits per heavy atom. The Hall–Kier alpha value is -1.88. The van der Waals surface area contributed by atoms with Gasteiger partial charge in [0.25, 0.3) is 0 Å². The van der Waals surface area contributed by atoms with Gasteiger partial charge in [-0.25, -0.2) is 0 Å². The molecular weight excluding hydrogens is 248 g/mol. The van der Waals surface area contributed by atoms with Gasteiger partial charge in [0.05, 0.1) is 6.61 Å². The van der Waals surface area contributed by atoms with Crippen molar-refractivity contribution in [3.05, 3.63) is 34.4 Å². The molecule has 0 bridgehead atoms. The van der Waals surface area contributed by atoms with Crippen LogP contribution in [0.15, 0.2) is 12.1 Å². The van der Waals surface area contributed by atoms with E-state index >= 15 is 0 Å². The molecule has 104 valence electrons. The van der Waals surface area contributed by atoms with Gasteiger partial charge in [0, 0.05) is 13.8 Å². The first-order valence-corrected chi connectivity index (χ1v) is 5.93. The van der Waals surface area contributed by atoms with Crippen LogP contribution in [0.3, 0.4) is 0 Å². The lowest BCUT2D eigenvalue weighted by Crippen LogP contribution is -2.07. The summed E-state index contributed by atoms with van der Waals surface area (Å²) in [6.07, 6.45) is 0. The van der Waals surface area contributed by atoms with Crippen LogP contribution < -0.4 is 0 Å². The first kappa shape index (κ1) is 15.2. The number of esters is 2. The van der Waals surface area contributed by atoms with Gasteiger partial charge < -0.3 is 14.6 Å². The Labute approximate surface area is 112 Å². The summed E-state index contributed by atoms with van der Waals surface area (Å²) >= 11 is 0. The number of hydrogen-bond donors (Lipinski definition) is 1. The summed E-state index contributed by atoms with van der Waals surface area (Å²) in [6, 6.07) is 3.59. The maximum atomic E-state index is 10.9. The fourth-order valence-electron chi connectivity index (χ4n) is 1.66.